The summed E-state index contributed by atoms with van der Waals surface area (Å²) in [5, 5.41) is 5.52. The van der Waals surface area contributed by atoms with Gasteiger partial charge in [-0.2, -0.15) is 0 Å². The number of nitrogens with zero attached hydrogens (tertiary/aromatic N) is 4. The van der Waals surface area contributed by atoms with Crippen molar-refractivity contribution in [1.82, 2.24) is 19.9 Å². The summed E-state index contributed by atoms with van der Waals surface area (Å²) in [6.45, 7) is 0. The van der Waals surface area contributed by atoms with E-state index in [9.17, 15) is 0 Å². The summed E-state index contributed by atoms with van der Waals surface area (Å²) in [7, 11) is 0. The number of furan rings is 1. The summed E-state index contributed by atoms with van der Waals surface area (Å²) in [6, 6.07) is 54.1. The molecule has 0 unspecified atom stereocenters. The van der Waals surface area contributed by atoms with E-state index in [0.717, 1.165) is 65.8 Å². The van der Waals surface area contributed by atoms with Crippen LogP contribution < -0.4 is 0 Å². The number of aromatic nitrogens is 4. The summed E-state index contributed by atoms with van der Waals surface area (Å²) in [5.74, 6) is 1.85. The standard InChI is InChI=1S/C44H26N4OS/c1-3-10-28(11-4-1)41-46-42(48-43(47-41)33-21-23-39-36(26-33)34-16-7-8-17-38(34)49-39)32-15-9-14-30(24-32)31-19-18-27-20-22-37-40(35(27)25-31)50-44(45-37)29-12-5-2-6-13-29/h1-26H. The molecule has 7 aromatic carbocycles. The molecule has 3 aromatic heterocycles. The van der Waals surface area contributed by atoms with Crippen molar-refractivity contribution < 1.29 is 4.42 Å². The first-order valence-corrected chi connectivity index (χ1v) is 17.3. The maximum absolute atomic E-state index is 6.10. The van der Waals surface area contributed by atoms with Gasteiger partial charge in [0, 0.05) is 38.4 Å². The van der Waals surface area contributed by atoms with Gasteiger partial charge in [-0.25, -0.2) is 19.9 Å². The molecular weight excluding hydrogens is 633 g/mol. The SMILES string of the molecule is c1ccc(-c2nc(-c3cccc(-c4ccc5ccc6nc(-c7ccccc7)sc6c5c4)c3)nc(-c3ccc4oc5ccccc5c4c3)n2)cc1. The predicted molar refractivity (Wildman–Crippen MR) is 205 cm³/mol. The van der Waals surface area contributed by atoms with E-state index in [2.05, 4.69) is 91.0 Å². The zero-order chi connectivity index (χ0) is 33.0. The summed E-state index contributed by atoms with van der Waals surface area (Å²) in [6.07, 6.45) is 0. The van der Waals surface area contributed by atoms with Crippen LogP contribution in [0.25, 0.3) is 98.8 Å². The average molecular weight is 659 g/mol. The van der Waals surface area contributed by atoms with E-state index in [0.29, 0.717) is 17.5 Å². The molecule has 234 valence electrons. The summed E-state index contributed by atoms with van der Waals surface area (Å²) in [5.41, 5.74) is 8.80. The van der Waals surface area contributed by atoms with Crippen LogP contribution in [0.2, 0.25) is 0 Å². The molecule has 0 spiro atoms. The van der Waals surface area contributed by atoms with Gasteiger partial charge in [-0.15, -0.1) is 11.3 Å². The number of hydrogen-bond acceptors (Lipinski definition) is 6. The lowest BCUT2D eigenvalue weighted by molar-refractivity contribution is 0.669. The van der Waals surface area contributed by atoms with Crippen molar-refractivity contribution in [3.05, 3.63) is 158 Å². The highest BCUT2D eigenvalue weighted by Crippen LogP contribution is 2.38. The lowest BCUT2D eigenvalue weighted by Crippen LogP contribution is -2.00. The molecule has 10 aromatic rings. The van der Waals surface area contributed by atoms with Crippen LogP contribution in [0.15, 0.2) is 162 Å². The van der Waals surface area contributed by atoms with Crippen LogP contribution in [0, 0.1) is 0 Å². The molecule has 0 saturated heterocycles. The molecule has 0 N–H and O–H groups in total. The highest BCUT2D eigenvalue weighted by atomic mass is 32.1. The van der Waals surface area contributed by atoms with Crippen LogP contribution in [0.5, 0.6) is 0 Å². The van der Waals surface area contributed by atoms with E-state index in [1.54, 1.807) is 11.3 Å². The fraction of sp³-hybridized carbons (Fsp3) is 0. The van der Waals surface area contributed by atoms with Crippen molar-refractivity contribution in [1.29, 1.82) is 0 Å². The quantitative estimate of drug-likeness (QED) is 0.184. The third-order valence-electron chi connectivity index (χ3n) is 9.15. The van der Waals surface area contributed by atoms with E-state index < -0.39 is 0 Å². The summed E-state index contributed by atoms with van der Waals surface area (Å²) < 4.78 is 7.29. The molecule has 0 saturated carbocycles. The van der Waals surface area contributed by atoms with Crippen molar-refractivity contribution in [3.8, 4) is 55.9 Å². The zero-order valence-electron chi connectivity index (χ0n) is 26.6. The van der Waals surface area contributed by atoms with Gasteiger partial charge in [0.25, 0.3) is 0 Å². The van der Waals surface area contributed by atoms with Gasteiger partial charge in [-0.1, -0.05) is 115 Å². The number of fused-ring (bicyclic) bond motifs is 6. The zero-order valence-corrected chi connectivity index (χ0v) is 27.4. The largest absolute Gasteiger partial charge is 0.456 e. The minimum Gasteiger partial charge on any atom is -0.456 e. The van der Waals surface area contributed by atoms with Gasteiger partial charge in [-0.3, -0.25) is 0 Å². The van der Waals surface area contributed by atoms with E-state index in [4.69, 9.17) is 24.4 Å². The van der Waals surface area contributed by atoms with Gasteiger partial charge in [0.2, 0.25) is 0 Å². The Morgan fingerprint density at radius 1 is 0.380 bits per heavy atom. The molecule has 10 rings (SSSR count). The molecule has 0 atom stereocenters. The lowest BCUT2D eigenvalue weighted by Gasteiger charge is -2.10. The third-order valence-corrected chi connectivity index (χ3v) is 10.3. The molecule has 0 amide bonds. The predicted octanol–water partition coefficient (Wildman–Crippen LogP) is 11.9. The van der Waals surface area contributed by atoms with Crippen LogP contribution in [0.1, 0.15) is 0 Å². The molecule has 0 fully saturated rings. The summed E-state index contributed by atoms with van der Waals surface area (Å²) in [4.78, 5) is 20.0. The number of para-hydroxylation sites is 1. The molecule has 6 heteroatoms. The first-order chi connectivity index (χ1) is 24.7. The van der Waals surface area contributed by atoms with Gasteiger partial charge < -0.3 is 4.42 Å². The molecule has 0 aliphatic rings. The lowest BCUT2D eigenvalue weighted by atomic mass is 9.99. The highest BCUT2D eigenvalue weighted by molar-refractivity contribution is 7.22. The minimum atomic E-state index is 0.610. The van der Waals surface area contributed by atoms with Gasteiger partial charge in [0.05, 0.1) is 10.2 Å². The molecule has 0 bridgehead atoms. The first-order valence-electron chi connectivity index (χ1n) is 16.5. The number of benzene rings is 7. The number of rotatable bonds is 5. The van der Waals surface area contributed by atoms with Crippen LogP contribution >= 0.6 is 11.3 Å². The summed E-state index contributed by atoms with van der Waals surface area (Å²) >= 11 is 1.74. The van der Waals surface area contributed by atoms with Gasteiger partial charge in [0.15, 0.2) is 17.5 Å². The Kier molecular flexibility index (Phi) is 6.60. The normalized spacial score (nSPS) is 11.6. The van der Waals surface area contributed by atoms with E-state index >= 15 is 0 Å². The van der Waals surface area contributed by atoms with Crippen LogP contribution in [-0.4, -0.2) is 19.9 Å². The fourth-order valence-electron chi connectivity index (χ4n) is 6.64. The minimum absolute atomic E-state index is 0.610. The van der Waals surface area contributed by atoms with Crippen molar-refractivity contribution in [2.24, 2.45) is 0 Å². The Hall–Kier alpha value is -6.50. The third kappa shape index (κ3) is 4.93. The Labute approximate surface area is 291 Å². The molecule has 0 aliphatic heterocycles. The Morgan fingerprint density at radius 3 is 1.78 bits per heavy atom. The topological polar surface area (TPSA) is 64.7 Å². The second-order valence-corrected chi connectivity index (χ2v) is 13.3. The Balaban J connectivity index is 1.09. The number of hydrogen-bond donors (Lipinski definition) is 0. The molecule has 0 aliphatic carbocycles. The highest BCUT2D eigenvalue weighted by Gasteiger charge is 2.16. The van der Waals surface area contributed by atoms with Gasteiger partial charge in [-0.05, 0) is 59.0 Å². The molecular formula is C44H26N4OS. The second kappa shape index (κ2) is 11.6. The van der Waals surface area contributed by atoms with E-state index in [1.165, 1.54) is 15.5 Å². The maximum atomic E-state index is 6.10. The van der Waals surface area contributed by atoms with Crippen molar-refractivity contribution >= 4 is 54.3 Å². The monoisotopic (exact) mass is 658 g/mol. The molecule has 5 nitrogen and oxygen atoms in total. The van der Waals surface area contributed by atoms with Crippen molar-refractivity contribution in [2.75, 3.05) is 0 Å². The second-order valence-electron chi connectivity index (χ2n) is 12.3. The Morgan fingerprint density at radius 2 is 0.960 bits per heavy atom. The molecule has 0 radical (unpaired) electrons. The van der Waals surface area contributed by atoms with E-state index in [-0.39, 0.29) is 0 Å². The Bertz CT molecular complexity index is 2880. The maximum Gasteiger partial charge on any atom is 0.164 e. The van der Waals surface area contributed by atoms with Gasteiger partial charge in [0.1, 0.15) is 16.2 Å². The number of thiazole rings is 1. The van der Waals surface area contributed by atoms with Crippen molar-refractivity contribution in [3.63, 3.8) is 0 Å². The van der Waals surface area contributed by atoms with Crippen LogP contribution in [0.4, 0.5) is 0 Å². The smallest absolute Gasteiger partial charge is 0.164 e. The van der Waals surface area contributed by atoms with Crippen molar-refractivity contribution in [2.45, 2.75) is 0 Å². The molecule has 50 heavy (non-hydrogen) atoms. The van der Waals surface area contributed by atoms with Crippen LogP contribution in [-0.2, 0) is 0 Å². The first kappa shape index (κ1) is 28.5. The van der Waals surface area contributed by atoms with Gasteiger partial charge >= 0.3 is 0 Å². The molecule has 3 heterocycles. The van der Waals surface area contributed by atoms with E-state index in [1.807, 2.05) is 66.7 Å². The van der Waals surface area contributed by atoms with Crippen LogP contribution in [0.3, 0.4) is 0 Å². The fourth-order valence-corrected chi connectivity index (χ4v) is 7.74. The average Bonchev–Trinajstić information content (AvgIpc) is 3.80.